The molecule has 0 aliphatic heterocycles. The van der Waals surface area contributed by atoms with Gasteiger partial charge in [0, 0.05) is 13.6 Å². The number of rotatable bonds is 6. The van der Waals surface area contributed by atoms with Gasteiger partial charge in [0.05, 0.1) is 0 Å². The SMILES string of the molecule is CC(C)CCCCNc1nnnn1C. The normalized spacial score (nSPS) is 10.9. The number of aryl methyl sites for hydroxylation is 1. The van der Waals surface area contributed by atoms with Crippen LogP contribution in [0.25, 0.3) is 0 Å². The van der Waals surface area contributed by atoms with Crippen molar-refractivity contribution >= 4 is 5.95 Å². The van der Waals surface area contributed by atoms with E-state index in [-0.39, 0.29) is 0 Å². The smallest absolute Gasteiger partial charge is 0.242 e. The third-order valence-corrected chi connectivity index (χ3v) is 2.11. The minimum Gasteiger partial charge on any atom is -0.353 e. The van der Waals surface area contributed by atoms with Gasteiger partial charge in [-0.2, -0.15) is 0 Å². The van der Waals surface area contributed by atoms with Crippen LogP contribution in [0.4, 0.5) is 5.95 Å². The predicted octanol–water partition coefficient (Wildman–Crippen LogP) is 1.45. The lowest BCUT2D eigenvalue weighted by Crippen LogP contribution is -2.07. The van der Waals surface area contributed by atoms with E-state index in [0.29, 0.717) is 0 Å². The molecule has 1 N–H and O–H groups in total. The lowest BCUT2D eigenvalue weighted by molar-refractivity contribution is 0.544. The molecule has 0 saturated carbocycles. The maximum atomic E-state index is 3.84. The molecule has 0 saturated heterocycles. The third-order valence-electron chi connectivity index (χ3n) is 2.11. The molecular weight excluding hydrogens is 178 g/mol. The molecule has 0 aliphatic carbocycles. The Balaban J connectivity index is 2.08. The molecule has 0 amide bonds. The first-order valence-electron chi connectivity index (χ1n) is 5.16. The van der Waals surface area contributed by atoms with Crippen LogP contribution in [0, 0.1) is 5.92 Å². The van der Waals surface area contributed by atoms with Crippen molar-refractivity contribution in [1.82, 2.24) is 20.2 Å². The summed E-state index contributed by atoms with van der Waals surface area (Å²) in [5.41, 5.74) is 0. The van der Waals surface area contributed by atoms with Crippen molar-refractivity contribution in [2.24, 2.45) is 13.0 Å². The van der Waals surface area contributed by atoms with E-state index in [1.54, 1.807) is 4.68 Å². The predicted molar refractivity (Wildman–Crippen MR) is 56.0 cm³/mol. The molecule has 0 radical (unpaired) electrons. The number of aromatic nitrogens is 4. The van der Waals surface area contributed by atoms with E-state index in [1.165, 1.54) is 19.3 Å². The zero-order chi connectivity index (χ0) is 10.4. The molecule has 1 aromatic rings. The van der Waals surface area contributed by atoms with Gasteiger partial charge in [-0.25, -0.2) is 4.68 Å². The van der Waals surface area contributed by atoms with Crippen LogP contribution >= 0.6 is 0 Å². The minimum absolute atomic E-state index is 0.745. The Morgan fingerprint density at radius 2 is 2.14 bits per heavy atom. The van der Waals surface area contributed by atoms with Crippen LogP contribution in [-0.2, 0) is 7.05 Å². The highest BCUT2D eigenvalue weighted by atomic mass is 15.6. The number of nitrogens with zero attached hydrogens (tertiary/aromatic N) is 4. The van der Waals surface area contributed by atoms with E-state index in [0.717, 1.165) is 18.4 Å². The van der Waals surface area contributed by atoms with E-state index in [1.807, 2.05) is 7.05 Å². The number of tetrazole rings is 1. The average Bonchev–Trinajstić information content (AvgIpc) is 2.51. The fourth-order valence-electron chi connectivity index (χ4n) is 1.26. The Morgan fingerprint density at radius 1 is 1.36 bits per heavy atom. The Labute approximate surface area is 84.9 Å². The topological polar surface area (TPSA) is 55.6 Å². The molecule has 0 spiro atoms. The maximum Gasteiger partial charge on any atom is 0.242 e. The molecule has 0 unspecified atom stereocenters. The molecule has 0 aliphatic rings. The Bertz CT molecular complexity index is 255. The summed E-state index contributed by atoms with van der Waals surface area (Å²) in [5.74, 6) is 1.54. The van der Waals surface area contributed by atoms with E-state index in [2.05, 4.69) is 34.7 Å². The van der Waals surface area contributed by atoms with Gasteiger partial charge in [0.25, 0.3) is 0 Å². The van der Waals surface area contributed by atoms with Crippen LogP contribution in [0.5, 0.6) is 0 Å². The lowest BCUT2D eigenvalue weighted by Gasteiger charge is -2.05. The zero-order valence-corrected chi connectivity index (χ0v) is 9.19. The first kappa shape index (κ1) is 10.9. The second kappa shape index (κ2) is 5.57. The summed E-state index contributed by atoms with van der Waals surface area (Å²) < 4.78 is 1.64. The van der Waals surface area contributed by atoms with Crippen LogP contribution in [0.3, 0.4) is 0 Å². The largest absolute Gasteiger partial charge is 0.353 e. The fourth-order valence-corrected chi connectivity index (χ4v) is 1.26. The number of hydrogen-bond acceptors (Lipinski definition) is 4. The molecule has 1 heterocycles. The molecule has 14 heavy (non-hydrogen) atoms. The first-order chi connectivity index (χ1) is 6.70. The van der Waals surface area contributed by atoms with Gasteiger partial charge in [-0.05, 0) is 22.8 Å². The Hall–Kier alpha value is -1.13. The number of hydrogen-bond donors (Lipinski definition) is 1. The third kappa shape index (κ3) is 3.72. The van der Waals surface area contributed by atoms with Crippen molar-refractivity contribution in [1.29, 1.82) is 0 Å². The molecule has 5 nitrogen and oxygen atoms in total. The van der Waals surface area contributed by atoms with Gasteiger partial charge in [0.2, 0.25) is 5.95 Å². The molecule has 5 heteroatoms. The van der Waals surface area contributed by atoms with E-state index in [9.17, 15) is 0 Å². The monoisotopic (exact) mass is 197 g/mol. The summed E-state index contributed by atoms with van der Waals surface area (Å²) in [6.07, 6.45) is 3.72. The van der Waals surface area contributed by atoms with Crippen LogP contribution in [-0.4, -0.2) is 26.8 Å². The van der Waals surface area contributed by atoms with Gasteiger partial charge in [-0.3, -0.25) is 0 Å². The molecule has 0 bridgehead atoms. The highest BCUT2D eigenvalue weighted by Gasteiger charge is 1.99. The molecule has 1 aromatic heterocycles. The minimum atomic E-state index is 0.745. The number of nitrogens with one attached hydrogen (secondary N) is 1. The highest BCUT2D eigenvalue weighted by Crippen LogP contribution is 2.06. The second-order valence-corrected chi connectivity index (χ2v) is 3.94. The van der Waals surface area contributed by atoms with E-state index >= 15 is 0 Å². The maximum absolute atomic E-state index is 3.84. The summed E-state index contributed by atoms with van der Waals surface area (Å²) in [4.78, 5) is 0. The molecule has 80 valence electrons. The molecular formula is C9H19N5. The fraction of sp³-hybridized carbons (Fsp3) is 0.889. The van der Waals surface area contributed by atoms with Crippen molar-refractivity contribution < 1.29 is 0 Å². The van der Waals surface area contributed by atoms with Crippen molar-refractivity contribution in [3.8, 4) is 0 Å². The van der Waals surface area contributed by atoms with Gasteiger partial charge in [-0.15, -0.1) is 0 Å². The van der Waals surface area contributed by atoms with Crippen LogP contribution in [0.1, 0.15) is 33.1 Å². The summed E-state index contributed by atoms with van der Waals surface area (Å²) in [7, 11) is 1.83. The van der Waals surface area contributed by atoms with E-state index in [4.69, 9.17) is 0 Å². The van der Waals surface area contributed by atoms with Crippen LogP contribution < -0.4 is 5.32 Å². The van der Waals surface area contributed by atoms with Crippen molar-refractivity contribution in [2.45, 2.75) is 33.1 Å². The van der Waals surface area contributed by atoms with Gasteiger partial charge in [-0.1, -0.05) is 31.8 Å². The second-order valence-electron chi connectivity index (χ2n) is 3.94. The summed E-state index contributed by atoms with van der Waals surface area (Å²) in [5, 5.41) is 14.3. The summed E-state index contributed by atoms with van der Waals surface area (Å²) >= 11 is 0. The summed E-state index contributed by atoms with van der Waals surface area (Å²) in [6.45, 7) is 5.45. The Kier molecular flexibility index (Phi) is 4.35. The standard InChI is InChI=1S/C9H19N5/c1-8(2)6-4-5-7-10-9-11-12-13-14(9)3/h8H,4-7H2,1-3H3,(H,10,11,13). The van der Waals surface area contributed by atoms with E-state index < -0.39 is 0 Å². The van der Waals surface area contributed by atoms with Crippen LogP contribution in [0.15, 0.2) is 0 Å². The quantitative estimate of drug-likeness (QED) is 0.701. The summed E-state index contributed by atoms with van der Waals surface area (Å²) in [6, 6.07) is 0. The highest BCUT2D eigenvalue weighted by molar-refractivity contribution is 5.20. The van der Waals surface area contributed by atoms with Crippen molar-refractivity contribution in [3.05, 3.63) is 0 Å². The zero-order valence-electron chi connectivity index (χ0n) is 9.19. The van der Waals surface area contributed by atoms with Gasteiger partial charge in [0.15, 0.2) is 0 Å². The average molecular weight is 197 g/mol. The molecule has 0 atom stereocenters. The molecule has 0 aromatic carbocycles. The first-order valence-corrected chi connectivity index (χ1v) is 5.16. The van der Waals surface area contributed by atoms with Gasteiger partial charge >= 0.3 is 0 Å². The number of anilines is 1. The van der Waals surface area contributed by atoms with Crippen molar-refractivity contribution in [3.63, 3.8) is 0 Å². The molecule has 1 rings (SSSR count). The van der Waals surface area contributed by atoms with Crippen molar-refractivity contribution in [2.75, 3.05) is 11.9 Å². The lowest BCUT2D eigenvalue weighted by atomic mass is 10.1. The van der Waals surface area contributed by atoms with Gasteiger partial charge in [0.1, 0.15) is 0 Å². The Morgan fingerprint density at radius 3 is 2.71 bits per heavy atom. The molecule has 0 fully saturated rings. The van der Waals surface area contributed by atoms with Gasteiger partial charge < -0.3 is 5.32 Å². The van der Waals surface area contributed by atoms with Crippen LogP contribution in [0.2, 0.25) is 0 Å². The number of unbranched alkanes of at least 4 members (excludes halogenated alkanes) is 1.